The zero-order valence-corrected chi connectivity index (χ0v) is 26.9. The normalized spacial score (nSPS) is 22.4. The largest absolute Gasteiger partial charge is 0.208 e. The molecule has 4 fully saturated rings. The van der Waals surface area contributed by atoms with Gasteiger partial charge in [0.15, 0.2) is 17.5 Å². The summed E-state index contributed by atoms with van der Waals surface area (Å²) in [7, 11) is 0. The van der Waals surface area contributed by atoms with Crippen molar-refractivity contribution < 1.29 is 0 Å². The number of hydrogen-bond acceptors (Lipinski definition) is 4. The van der Waals surface area contributed by atoms with Crippen LogP contribution in [0.5, 0.6) is 0 Å². The molecule has 1 aromatic heterocycles. The summed E-state index contributed by atoms with van der Waals surface area (Å²) < 4.78 is 0. The Kier molecular flexibility index (Phi) is 7.01. The van der Waals surface area contributed by atoms with Gasteiger partial charge in [0.2, 0.25) is 0 Å². The van der Waals surface area contributed by atoms with E-state index in [-0.39, 0.29) is 0 Å². The van der Waals surface area contributed by atoms with Crippen LogP contribution < -0.4 is 0 Å². The molecule has 4 heteroatoms. The number of rotatable bonds is 6. The van der Waals surface area contributed by atoms with Gasteiger partial charge >= 0.3 is 0 Å². The smallest absolute Gasteiger partial charge is 0.164 e. The van der Waals surface area contributed by atoms with E-state index >= 15 is 0 Å². The minimum atomic E-state index is 0.362. The van der Waals surface area contributed by atoms with Crippen molar-refractivity contribution in [1.82, 2.24) is 15.0 Å². The third kappa shape index (κ3) is 5.20. The molecule has 0 saturated heterocycles. The molecule has 232 valence electrons. The van der Waals surface area contributed by atoms with E-state index in [0.717, 1.165) is 56.7 Å². The summed E-state index contributed by atoms with van der Waals surface area (Å²) in [6.07, 6.45) is 8.42. The lowest BCUT2D eigenvalue weighted by Gasteiger charge is -2.57. The third-order valence-corrected chi connectivity index (χ3v) is 11.1. The maximum atomic E-state index is 9.87. The molecule has 5 aromatic carbocycles. The fourth-order valence-electron chi connectivity index (χ4n) is 9.34. The van der Waals surface area contributed by atoms with Gasteiger partial charge in [-0.2, -0.15) is 5.26 Å². The maximum absolute atomic E-state index is 9.87. The summed E-state index contributed by atoms with van der Waals surface area (Å²) in [4.78, 5) is 14.8. The SMILES string of the molecule is N#Cc1ccc(-c2cccc(-c3nc(-c4ccccc4)nc(-c4ccccc4)n3)c2)c(-c2ccc(C34CC5C[C@H](C3)C[C@@H](C5)C4)cc2)c1. The maximum Gasteiger partial charge on any atom is 0.164 e. The van der Waals surface area contributed by atoms with Crippen molar-refractivity contribution in [3.05, 3.63) is 139 Å². The van der Waals surface area contributed by atoms with Crippen molar-refractivity contribution in [2.45, 2.75) is 43.9 Å². The van der Waals surface area contributed by atoms with Crippen molar-refractivity contribution >= 4 is 0 Å². The van der Waals surface area contributed by atoms with E-state index in [4.69, 9.17) is 15.0 Å². The monoisotopic (exact) mass is 620 g/mol. The van der Waals surface area contributed by atoms with Gasteiger partial charge in [-0.1, -0.05) is 109 Å². The van der Waals surface area contributed by atoms with Crippen molar-refractivity contribution in [1.29, 1.82) is 5.26 Å². The second-order valence-corrected chi connectivity index (χ2v) is 14.3. The molecule has 4 saturated carbocycles. The summed E-state index contributed by atoms with van der Waals surface area (Å²) in [5.74, 6) is 4.66. The van der Waals surface area contributed by atoms with Crippen molar-refractivity contribution in [2.24, 2.45) is 17.8 Å². The lowest BCUT2D eigenvalue weighted by Crippen LogP contribution is -2.48. The molecular formula is C44H36N4. The Balaban J connectivity index is 1.11. The molecule has 0 N–H and O–H groups in total. The summed E-state index contributed by atoms with van der Waals surface area (Å²) >= 11 is 0. The standard InChI is InChI=1S/C44H36N4/c45-28-29-14-19-39(40(23-29)33-15-17-38(18-16-33)44-25-30-20-31(26-44)22-32(21-30)27-44)36-12-7-13-37(24-36)43-47-41(34-8-3-1-4-9-34)46-42(48-43)35-10-5-2-6-11-35/h1-19,23-24,30-32H,20-22,25-27H2/t30-,31+,32?,44?. The van der Waals surface area contributed by atoms with Crippen molar-refractivity contribution in [3.63, 3.8) is 0 Å². The highest BCUT2D eigenvalue weighted by Gasteiger charge is 2.51. The number of benzene rings is 5. The summed E-state index contributed by atoms with van der Waals surface area (Å²) in [5.41, 5.74) is 9.68. The number of nitriles is 1. The van der Waals surface area contributed by atoms with Gasteiger partial charge < -0.3 is 0 Å². The molecule has 0 aliphatic heterocycles. The molecule has 0 amide bonds. The fourth-order valence-corrected chi connectivity index (χ4v) is 9.34. The van der Waals surface area contributed by atoms with Gasteiger partial charge in [0.25, 0.3) is 0 Å². The summed E-state index contributed by atoms with van der Waals surface area (Å²) in [6, 6.07) is 46.3. The second kappa shape index (κ2) is 11.7. The van der Waals surface area contributed by atoms with Crippen molar-refractivity contribution in [2.75, 3.05) is 0 Å². The van der Waals surface area contributed by atoms with Gasteiger partial charge in [-0.05, 0) is 108 Å². The lowest BCUT2D eigenvalue weighted by atomic mass is 9.48. The summed E-state index contributed by atoms with van der Waals surface area (Å²) in [6.45, 7) is 0. The van der Waals surface area contributed by atoms with Crippen LogP contribution in [0.15, 0.2) is 127 Å². The Morgan fingerprint density at radius 2 is 1.00 bits per heavy atom. The Morgan fingerprint density at radius 3 is 1.56 bits per heavy atom. The van der Waals surface area contributed by atoms with Crippen LogP contribution in [0.1, 0.15) is 49.7 Å². The first-order valence-corrected chi connectivity index (χ1v) is 17.3. The molecule has 4 bridgehead atoms. The van der Waals surface area contributed by atoms with Crippen LogP contribution in [0.3, 0.4) is 0 Å². The Bertz CT molecular complexity index is 2070. The highest BCUT2D eigenvalue weighted by atomic mass is 15.0. The Labute approximate surface area is 282 Å². The van der Waals surface area contributed by atoms with E-state index in [2.05, 4.69) is 60.7 Å². The number of aromatic nitrogens is 3. The predicted molar refractivity (Wildman–Crippen MR) is 192 cm³/mol. The molecular weight excluding hydrogens is 585 g/mol. The molecule has 48 heavy (non-hydrogen) atoms. The molecule has 1 heterocycles. The second-order valence-electron chi connectivity index (χ2n) is 14.3. The summed E-state index contributed by atoms with van der Waals surface area (Å²) in [5, 5.41) is 9.87. The van der Waals surface area contributed by atoms with Gasteiger partial charge in [0.05, 0.1) is 11.6 Å². The number of hydrogen-bond donors (Lipinski definition) is 0. The lowest BCUT2D eigenvalue weighted by molar-refractivity contribution is -0.00518. The van der Waals surface area contributed by atoms with E-state index in [0.29, 0.717) is 28.5 Å². The van der Waals surface area contributed by atoms with Crippen molar-refractivity contribution in [3.8, 4) is 62.5 Å². The molecule has 0 radical (unpaired) electrons. The van der Waals surface area contributed by atoms with E-state index in [1.165, 1.54) is 44.1 Å². The topological polar surface area (TPSA) is 62.5 Å². The van der Waals surface area contributed by atoms with E-state index in [9.17, 15) is 5.26 Å². The van der Waals surface area contributed by atoms with Crippen LogP contribution >= 0.6 is 0 Å². The average Bonchev–Trinajstić information content (AvgIpc) is 3.15. The molecule has 0 spiro atoms. The van der Waals surface area contributed by atoms with Gasteiger partial charge in [-0.25, -0.2) is 15.0 Å². The Hall–Kier alpha value is -5.40. The average molecular weight is 621 g/mol. The molecule has 6 aromatic rings. The zero-order valence-electron chi connectivity index (χ0n) is 26.9. The van der Waals surface area contributed by atoms with Crippen LogP contribution in [-0.2, 0) is 5.41 Å². The highest BCUT2D eigenvalue weighted by Crippen LogP contribution is 2.60. The minimum absolute atomic E-state index is 0.362. The molecule has 4 aliphatic carbocycles. The first-order chi connectivity index (χ1) is 23.6. The minimum Gasteiger partial charge on any atom is -0.208 e. The fraction of sp³-hybridized carbons (Fsp3) is 0.227. The van der Waals surface area contributed by atoms with Crippen LogP contribution in [-0.4, -0.2) is 15.0 Å². The third-order valence-electron chi connectivity index (χ3n) is 11.1. The van der Waals surface area contributed by atoms with Crippen LogP contribution in [0.25, 0.3) is 56.4 Å². The first-order valence-electron chi connectivity index (χ1n) is 17.3. The van der Waals surface area contributed by atoms with E-state index in [1.54, 1.807) is 0 Å². The highest BCUT2D eigenvalue weighted by molar-refractivity contribution is 5.86. The van der Waals surface area contributed by atoms with E-state index in [1.807, 2.05) is 72.8 Å². The quantitative estimate of drug-likeness (QED) is 0.186. The first kappa shape index (κ1) is 28.8. The van der Waals surface area contributed by atoms with Gasteiger partial charge in [-0.3, -0.25) is 0 Å². The molecule has 4 aliphatic rings. The Morgan fingerprint density at radius 1 is 0.479 bits per heavy atom. The van der Waals surface area contributed by atoms with Gasteiger partial charge in [0, 0.05) is 16.7 Å². The molecule has 4 nitrogen and oxygen atoms in total. The number of nitrogens with zero attached hydrogens (tertiary/aromatic N) is 4. The van der Waals surface area contributed by atoms with E-state index < -0.39 is 0 Å². The molecule has 0 atom stereocenters. The molecule has 0 unspecified atom stereocenters. The van der Waals surface area contributed by atoms with Gasteiger partial charge in [0.1, 0.15) is 0 Å². The molecule has 10 rings (SSSR count). The predicted octanol–water partition coefficient (Wildman–Crippen LogP) is 10.5. The zero-order chi connectivity index (χ0) is 32.1. The van der Waals surface area contributed by atoms with Gasteiger partial charge in [-0.15, -0.1) is 0 Å². The van der Waals surface area contributed by atoms with Crippen LogP contribution in [0.4, 0.5) is 0 Å². The van der Waals surface area contributed by atoms with Crippen LogP contribution in [0, 0.1) is 29.1 Å². The van der Waals surface area contributed by atoms with Crippen LogP contribution in [0.2, 0.25) is 0 Å².